The number of hydrogen-bond donors (Lipinski definition) is 0. The second kappa shape index (κ2) is 10.2. The number of nitrogens with zero attached hydrogens (tertiary/aromatic N) is 3. The van der Waals surface area contributed by atoms with Crippen molar-refractivity contribution >= 4 is 72.7 Å². The van der Waals surface area contributed by atoms with Crippen LogP contribution in [0, 0.1) is 22.0 Å². The van der Waals surface area contributed by atoms with Crippen LogP contribution < -0.4 is 0 Å². The summed E-state index contributed by atoms with van der Waals surface area (Å²) in [4.78, 5) is 63.8. The van der Waals surface area contributed by atoms with E-state index in [1.54, 1.807) is 12.1 Å². The Morgan fingerprint density at radius 3 is 2.20 bits per heavy atom. The monoisotopic (exact) mass is 625 g/mol. The Hall–Kier alpha value is -2.63. The molecule has 4 rings (SSSR count). The van der Waals surface area contributed by atoms with Gasteiger partial charge in [-0.3, -0.25) is 29.3 Å². The number of ketones is 1. The van der Waals surface area contributed by atoms with Crippen LogP contribution in [-0.4, -0.2) is 54.6 Å². The van der Waals surface area contributed by atoms with Gasteiger partial charge in [0.05, 0.1) is 27.3 Å². The molecule has 12 heteroatoms. The van der Waals surface area contributed by atoms with E-state index in [0.717, 1.165) is 16.1 Å². The van der Waals surface area contributed by atoms with Gasteiger partial charge in [0.15, 0.2) is 5.78 Å². The molecule has 2 aromatic rings. The molecule has 2 aromatic carbocycles. The van der Waals surface area contributed by atoms with Crippen LogP contribution in [-0.2, 0) is 9.59 Å². The van der Waals surface area contributed by atoms with Crippen LogP contribution in [0.3, 0.4) is 0 Å². The van der Waals surface area contributed by atoms with Crippen molar-refractivity contribution in [2.45, 2.75) is 22.5 Å². The number of nitro groups is 1. The summed E-state index contributed by atoms with van der Waals surface area (Å²) in [5.74, 6) is -3.92. The first-order valence-corrected chi connectivity index (χ1v) is 12.8. The van der Waals surface area contributed by atoms with Crippen LogP contribution >= 0.6 is 43.5 Å². The first-order valence-electron chi connectivity index (χ1n) is 10.6. The van der Waals surface area contributed by atoms with E-state index in [-0.39, 0.29) is 31.5 Å². The molecule has 1 heterocycles. The van der Waals surface area contributed by atoms with Gasteiger partial charge in [-0.25, -0.2) is 5.01 Å². The molecule has 1 saturated carbocycles. The minimum Gasteiger partial charge on any atom is -0.292 e. The number of alkyl halides is 2. The van der Waals surface area contributed by atoms with Crippen LogP contribution in [0.2, 0.25) is 5.02 Å². The number of benzene rings is 2. The van der Waals surface area contributed by atoms with Crippen molar-refractivity contribution in [1.29, 1.82) is 0 Å². The van der Waals surface area contributed by atoms with E-state index in [1.807, 2.05) is 0 Å². The molecule has 2 aliphatic rings. The van der Waals surface area contributed by atoms with Gasteiger partial charge in [-0.15, -0.1) is 0 Å². The molecule has 1 aliphatic carbocycles. The second-order valence-electron chi connectivity index (χ2n) is 8.28. The molecule has 0 aromatic heterocycles. The summed E-state index contributed by atoms with van der Waals surface area (Å²) in [6.45, 7) is -0.683. The quantitative estimate of drug-likeness (QED) is 0.154. The number of carbonyl (C=O) groups is 4. The van der Waals surface area contributed by atoms with E-state index in [4.69, 9.17) is 11.6 Å². The summed E-state index contributed by atoms with van der Waals surface area (Å²) in [5.41, 5.74) is -0.326. The summed E-state index contributed by atoms with van der Waals surface area (Å²) < 4.78 is 0. The Labute approximate surface area is 221 Å². The number of hydrazine groups is 1. The maximum Gasteiger partial charge on any atom is 0.274 e. The molecule has 3 amide bonds. The van der Waals surface area contributed by atoms with Crippen molar-refractivity contribution in [1.82, 2.24) is 10.0 Å². The lowest BCUT2D eigenvalue weighted by Gasteiger charge is -2.30. The number of hydrogen-bond acceptors (Lipinski definition) is 6. The molecule has 0 spiro atoms. The van der Waals surface area contributed by atoms with Gasteiger partial charge in [-0.2, -0.15) is 5.01 Å². The topological polar surface area (TPSA) is 118 Å². The smallest absolute Gasteiger partial charge is 0.274 e. The summed E-state index contributed by atoms with van der Waals surface area (Å²) >= 11 is 13.2. The first kappa shape index (κ1) is 25.5. The van der Waals surface area contributed by atoms with Gasteiger partial charge < -0.3 is 0 Å². The van der Waals surface area contributed by atoms with E-state index >= 15 is 0 Å². The van der Waals surface area contributed by atoms with Crippen molar-refractivity contribution in [3.05, 3.63) is 74.8 Å². The van der Waals surface area contributed by atoms with Crippen molar-refractivity contribution in [3.8, 4) is 0 Å². The Bertz CT molecular complexity index is 1210. The molecular formula is C23H18Br2ClN3O6. The van der Waals surface area contributed by atoms with E-state index in [0.29, 0.717) is 12.8 Å². The summed E-state index contributed by atoms with van der Waals surface area (Å²) in [6.07, 6.45) is 0.767. The lowest BCUT2D eigenvalue weighted by molar-refractivity contribution is -0.384. The minimum absolute atomic E-state index is 0.00761. The zero-order valence-corrected chi connectivity index (χ0v) is 21.9. The average Bonchev–Trinajstić information content (AvgIpc) is 3.06. The predicted octanol–water partition coefficient (Wildman–Crippen LogP) is 4.41. The molecule has 2 fully saturated rings. The van der Waals surface area contributed by atoms with Gasteiger partial charge in [0.1, 0.15) is 6.54 Å². The van der Waals surface area contributed by atoms with Gasteiger partial charge >= 0.3 is 0 Å². The molecule has 1 aliphatic heterocycles. The zero-order valence-electron chi connectivity index (χ0n) is 18.0. The fourth-order valence-corrected chi connectivity index (χ4v) is 5.80. The third-order valence-corrected chi connectivity index (χ3v) is 9.20. The van der Waals surface area contributed by atoms with Gasteiger partial charge in [-0.1, -0.05) is 67.7 Å². The Morgan fingerprint density at radius 2 is 1.63 bits per heavy atom. The number of nitro benzene ring substituents is 1. The van der Waals surface area contributed by atoms with Crippen molar-refractivity contribution in [2.24, 2.45) is 11.8 Å². The highest BCUT2D eigenvalue weighted by molar-refractivity contribution is 9.12. The number of carbonyl (C=O) groups excluding carboxylic acids is 4. The fourth-order valence-electron chi connectivity index (χ4n) is 4.34. The van der Waals surface area contributed by atoms with E-state index in [1.165, 1.54) is 30.3 Å². The van der Waals surface area contributed by atoms with Gasteiger partial charge in [0, 0.05) is 27.4 Å². The normalized spacial score (nSPS) is 23.7. The molecule has 0 bridgehead atoms. The predicted molar refractivity (Wildman–Crippen MR) is 133 cm³/mol. The van der Waals surface area contributed by atoms with Crippen LogP contribution in [0.25, 0.3) is 0 Å². The molecule has 0 N–H and O–H groups in total. The molecule has 0 unspecified atom stereocenters. The van der Waals surface area contributed by atoms with E-state index in [9.17, 15) is 29.3 Å². The van der Waals surface area contributed by atoms with Crippen molar-refractivity contribution in [2.75, 3.05) is 6.54 Å². The van der Waals surface area contributed by atoms with Crippen LogP contribution in [0.15, 0.2) is 48.5 Å². The van der Waals surface area contributed by atoms with Gasteiger partial charge in [0.25, 0.3) is 23.4 Å². The first-order chi connectivity index (χ1) is 16.6. The largest absolute Gasteiger partial charge is 0.292 e. The number of halogens is 3. The SMILES string of the molecule is O=C(CN(C(=O)c1ccccc1Cl)N1C(=O)[C@@H]2C[C@@H](Br)[C@@H](Br)C[C@H]2C1=O)c1cccc([N+](=O)[O-])c1. The van der Waals surface area contributed by atoms with Gasteiger partial charge in [-0.05, 0) is 25.0 Å². The summed E-state index contributed by atoms with van der Waals surface area (Å²) in [5, 5.41) is 12.8. The highest BCUT2D eigenvalue weighted by Crippen LogP contribution is 2.43. The number of fused-ring (bicyclic) bond motifs is 1. The molecule has 182 valence electrons. The standard InChI is InChI=1S/C23H18Br2ClN3O6/c24-17-9-15-16(10-18(17)25)23(33)28(22(15)32)27(21(31)14-6-1-2-7-19(14)26)11-20(30)12-4-3-5-13(8-12)29(34)35/h1-8,15-18H,9-11H2/t15-,16-,17-,18+/m1/s1. The van der Waals surface area contributed by atoms with E-state index in [2.05, 4.69) is 31.9 Å². The average molecular weight is 628 g/mol. The number of Topliss-reactive ketones (excluding diaryl/α,β-unsaturated/α-hetero) is 1. The van der Waals surface area contributed by atoms with Crippen molar-refractivity contribution < 1.29 is 24.1 Å². The third kappa shape index (κ3) is 4.89. The van der Waals surface area contributed by atoms with Crippen LogP contribution in [0.5, 0.6) is 0 Å². The Kier molecular flexibility index (Phi) is 7.39. The fraction of sp³-hybridized carbons (Fsp3) is 0.304. The lowest BCUT2D eigenvalue weighted by Crippen LogP contribution is -2.52. The Balaban J connectivity index is 1.72. The molecule has 4 atom stereocenters. The van der Waals surface area contributed by atoms with Crippen LogP contribution in [0.1, 0.15) is 33.6 Å². The lowest BCUT2D eigenvalue weighted by atomic mass is 9.81. The number of imide groups is 1. The van der Waals surface area contributed by atoms with E-state index < -0.39 is 46.8 Å². The number of rotatable bonds is 6. The molecular weight excluding hydrogens is 610 g/mol. The highest BCUT2D eigenvalue weighted by atomic mass is 79.9. The second-order valence-corrected chi connectivity index (χ2v) is 11.0. The number of non-ortho nitro benzene ring substituents is 1. The van der Waals surface area contributed by atoms with Crippen molar-refractivity contribution in [3.63, 3.8) is 0 Å². The minimum atomic E-state index is -0.805. The zero-order chi connectivity index (χ0) is 25.4. The summed E-state index contributed by atoms with van der Waals surface area (Å²) in [6, 6.07) is 11.1. The molecule has 35 heavy (non-hydrogen) atoms. The highest BCUT2D eigenvalue weighted by Gasteiger charge is 2.54. The maximum absolute atomic E-state index is 13.5. The van der Waals surface area contributed by atoms with Gasteiger partial charge in [0.2, 0.25) is 0 Å². The summed E-state index contributed by atoms with van der Waals surface area (Å²) in [7, 11) is 0. The molecule has 1 saturated heterocycles. The number of amides is 3. The molecule has 9 nitrogen and oxygen atoms in total. The Morgan fingerprint density at radius 1 is 1.03 bits per heavy atom. The molecule has 0 radical (unpaired) electrons. The maximum atomic E-state index is 13.5. The third-order valence-electron chi connectivity index (χ3n) is 6.14. The van der Waals surface area contributed by atoms with Crippen LogP contribution in [0.4, 0.5) is 5.69 Å².